The Morgan fingerprint density at radius 2 is 1.53 bits per heavy atom. The second kappa shape index (κ2) is 11.2. The van der Waals surface area contributed by atoms with E-state index < -0.39 is 0 Å². The van der Waals surface area contributed by atoms with Gasteiger partial charge in [0.15, 0.2) is 11.5 Å². The van der Waals surface area contributed by atoms with E-state index in [0.29, 0.717) is 30.3 Å². The van der Waals surface area contributed by atoms with E-state index in [9.17, 15) is 9.59 Å². The Kier molecular flexibility index (Phi) is 8.71. The molecule has 0 saturated heterocycles. The monoisotopic (exact) mass is 412 g/mol. The Morgan fingerprint density at radius 1 is 0.933 bits per heavy atom. The van der Waals surface area contributed by atoms with Gasteiger partial charge in [-0.15, -0.1) is 0 Å². The van der Waals surface area contributed by atoms with E-state index >= 15 is 0 Å². The molecular formula is C24H32N2O4. The first-order chi connectivity index (χ1) is 14.4. The standard InChI is InChI=1S/C24H32N2O4/c1-6-13-29-20-12-11-19(15-21(20)30-14-7-2)24(28)26(5)16-22(27)25-23-17(3)9-8-10-18(23)4/h8-12,15H,6-7,13-14,16H2,1-5H3,(H,25,27). The lowest BCUT2D eigenvalue weighted by atomic mass is 10.1. The van der Waals surface area contributed by atoms with Crippen LogP contribution >= 0.6 is 0 Å². The fraction of sp³-hybridized carbons (Fsp3) is 0.417. The zero-order chi connectivity index (χ0) is 22.1. The average molecular weight is 413 g/mol. The van der Waals surface area contributed by atoms with Crippen molar-refractivity contribution >= 4 is 17.5 Å². The van der Waals surface area contributed by atoms with Gasteiger partial charge in [0, 0.05) is 18.3 Å². The predicted molar refractivity (Wildman–Crippen MR) is 120 cm³/mol. The van der Waals surface area contributed by atoms with Crippen LogP contribution < -0.4 is 14.8 Å². The summed E-state index contributed by atoms with van der Waals surface area (Å²) in [4.78, 5) is 26.8. The Hall–Kier alpha value is -3.02. The van der Waals surface area contributed by atoms with E-state index in [1.54, 1.807) is 25.2 Å². The van der Waals surface area contributed by atoms with Crippen LogP contribution in [0.1, 0.15) is 48.2 Å². The number of nitrogens with zero attached hydrogens (tertiary/aromatic N) is 1. The van der Waals surface area contributed by atoms with Crippen molar-refractivity contribution in [3.05, 3.63) is 53.1 Å². The first-order valence-electron chi connectivity index (χ1n) is 10.4. The second-order valence-corrected chi connectivity index (χ2v) is 7.33. The predicted octanol–water partition coefficient (Wildman–Crippen LogP) is 4.59. The third-order valence-electron chi connectivity index (χ3n) is 4.59. The third-order valence-corrected chi connectivity index (χ3v) is 4.59. The zero-order valence-electron chi connectivity index (χ0n) is 18.6. The molecule has 0 spiro atoms. The fourth-order valence-corrected chi connectivity index (χ4v) is 3.00. The number of amides is 2. The van der Waals surface area contributed by atoms with Gasteiger partial charge in [0.05, 0.1) is 19.8 Å². The van der Waals surface area contributed by atoms with Gasteiger partial charge in [0.25, 0.3) is 5.91 Å². The van der Waals surface area contributed by atoms with Crippen LogP contribution in [0.2, 0.25) is 0 Å². The fourth-order valence-electron chi connectivity index (χ4n) is 3.00. The van der Waals surface area contributed by atoms with Crippen LogP contribution in [0, 0.1) is 13.8 Å². The van der Waals surface area contributed by atoms with Crippen molar-refractivity contribution in [3.63, 3.8) is 0 Å². The van der Waals surface area contributed by atoms with Crippen molar-refractivity contribution in [2.45, 2.75) is 40.5 Å². The van der Waals surface area contributed by atoms with E-state index in [1.807, 2.05) is 45.9 Å². The molecule has 30 heavy (non-hydrogen) atoms. The van der Waals surface area contributed by atoms with Gasteiger partial charge in [-0.25, -0.2) is 0 Å². The number of anilines is 1. The summed E-state index contributed by atoms with van der Waals surface area (Å²) in [6, 6.07) is 11.0. The van der Waals surface area contributed by atoms with Gasteiger partial charge in [-0.2, -0.15) is 0 Å². The molecule has 6 nitrogen and oxygen atoms in total. The van der Waals surface area contributed by atoms with Crippen LogP contribution in [0.5, 0.6) is 11.5 Å². The van der Waals surface area contributed by atoms with Gasteiger partial charge < -0.3 is 19.7 Å². The molecule has 162 valence electrons. The minimum absolute atomic E-state index is 0.0498. The van der Waals surface area contributed by atoms with Crippen LogP contribution in [-0.4, -0.2) is 43.5 Å². The highest BCUT2D eigenvalue weighted by atomic mass is 16.5. The molecule has 0 fully saturated rings. The van der Waals surface area contributed by atoms with E-state index in [-0.39, 0.29) is 18.4 Å². The number of ether oxygens (including phenoxy) is 2. The number of carbonyl (C=O) groups excluding carboxylic acids is 2. The summed E-state index contributed by atoms with van der Waals surface area (Å²) in [7, 11) is 1.61. The van der Waals surface area contributed by atoms with Crippen molar-refractivity contribution in [3.8, 4) is 11.5 Å². The summed E-state index contributed by atoms with van der Waals surface area (Å²) >= 11 is 0. The maximum Gasteiger partial charge on any atom is 0.254 e. The highest BCUT2D eigenvalue weighted by Crippen LogP contribution is 2.29. The van der Waals surface area contributed by atoms with Crippen LogP contribution in [-0.2, 0) is 4.79 Å². The number of hydrogen-bond acceptors (Lipinski definition) is 4. The molecule has 2 rings (SSSR count). The van der Waals surface area contributed by atoms with Crippen LogP contribution in [0.15, 0.2) is 36.4 Å². The Balaban J connectivity index is 2.09. The number of likely N-dealkylation sites (N-methyl/N-ethyl adjacent to an activating group) is 1. The lowest BCUT2D eigenvalue weighted by Crippen LogP contribution is -2.35. The summed E-state index contributed by atoms with van der Waals surface area (Å²) in [6.07, 6.45) is 1.73. The average Bonchev–Trinajstić information content (AvgIpc) is 2.73. The van der Waals surface area contributed by atoms with E-state index in [4.69, 9.17) is 9.47 Å². The normalized spacial score (nSPS) is 10.4. The lowest BCUT2D eigenvalue weighted by molar-refractivity contribution is -0.116. The van der Waals surface area contributed by atoms with Gasteiger partial charge in [0.1, 0.15) is 0 Å². The molecule has 0 aromatic heterocycles. The Bertz CT molecular complexity index is 859. The van der Waals surface area contributed by atoms with E-state index in [0.717, 1.165) is 29.7 Å². The topological polar surface area (TPSA) is 67.9 Å². The summed E-state index contributed by atoms with van der Waals surface area (Å²) in [5.41, 5.74) is 3.21. The van der Waals surface area contributed by atoms with Gasteiger partial charge in [-0.3, -0.25) is 9.59 Å². The molecule has 0 aliphatic heterocycles. The molecule has 0 atom stereocenters. The smallest absolute Gasteiger partial charge is 0.254 e. The highest BCUT2D eigenvalue weighted by Gasteiger charge is 2.18. The summed E-state index contributed by atoms with van der Waals surface area (Å²) < 4.78 is 11.5. The maximum absolute atomic E-state index is 12.9. The second-order valence-electron chi connectivity index (χ2n) is 7.33. The lowest BCUT2D eigenvalue weighted by Gasteiger charge is -2.19. The Morgan fingerprint density at radius 3 is 2.13 bits per heavy atom. The number of rotatable bonds is 10. The Labute approximate surface area is 179 Å². The molecule has 0 bridgehead atoms. The van der Waals surface area contributed by atoms with Gasteiger partial charge >= 0.3 is 0 Å². The number of aryl methyl sites for hydroxylation is 2. The SMILES string of the molecule is CCCOc1ccc(C(=O)N(C)CC(=O)Nc2c(C)cccc2C)cc1OCCC. The molecule has 0 heterocycles. The van der Waals surface area contributed by atoms with Crippen molar-refractivity contribution in [1.29, 1.82) is 0 Å². The number of nitrogens with one attached hydrogen (secondary N) is 1. The van der Waals surface area contributed by atoms with Crippen LogP contribution in [0.4, 0.5) is 5.69 Å². The molecule has 0 unspecified atom stereocenters. The van der Waals surface area contributed by atoms with Gasteiger partial charge in [0.2, 0.25) is 5.91 Å². The van der Waals surface area contributed by atoms with Crippen LogP contribution in [0.3, 0.4) is 0 Å². The van der Waals surface area contributed by atoms with Gasteiger partial charge in [-0.05, 0) is 56.0 Å². The molecular weight excluding hydrogens is 380 g/mol. The third kappa shape index (κ3) is 6.24. The molecule has 0 radical (unpaired) electrons. The number of benzene rings is 2. The van der Waals surface area contributed by atoms with Crippen molar-refractivity contribution in [1.82, 2.24) is 4.90 Å². The van der Waals surface area contributed by atoms with Crippen molar-refractivity contribution < 1.29 is 19.1 Å². The highest BCUT2D eigenvalue weighted by molar-refractivity contribution is 6.00. The molecule has 2 aromatic rings. The van der Waals surface area contributed by atoms with E-state index in [1.165, 1.54) is 4.90 Å². The van der Waals surface area contributed by atoms with E-state index in [2.05, 4.69) is 5.32 Å². The minimum Gasteiger partial charge on any atom is -0.490 e. The van der Waals surface area contributed by atoms with Crippen molar-refractivity contribution in [2.24, 2.45) is 0 Å². The molecule has 6 heteroatoms. The first-order valence-corrected chi connectivity index (χ1v) is 10.4. The molecule has 2 amide bonds. The molecule has 2 aromatic carbocycles. The van der Waals surface area contributed by atoms with Gasteiger partial charge in [-0.1, -0.05) is 32.0 Å². The number of carbonyl (C=O) groups is 2. The summed E-state index contributed by atoms with van der Waals surface area (Å²) in [6.45, 7) is 9.00. The number of hydrogen-bond donors (Lipinski definition) is 1. The minimum atomic E-state index is -0.255. The first kappa shape index (κ1) is 23.3. The largest absolute Gasteiger partial charge is 0.490 e. The molecule has 0 aliphatic rings. The van der Waals surface area contributed by atoms with Crippen LogP contribution in [0.25, 0.3) is 0 Å². The summed E-state index contributed by atoms with van der Waals surface area (Å²) in [5, 5.41) is 2.91. The zero-order valence-corrected chi connectivity index (χ0v) is 18.6. The number of para-hydroxylation sites is 1. The maximum atomic E-state index is 12.9. The summed E-state index contributed by atoms with van der Waals surface area (Å²) in [5.74, 6) is 0.672. The molecule has 0 saturated carbocycles. The van der Waals surface area contributed by atoms with Crippen molar-refractivity contribution in [2.75, 3.05) is 32.1 Å². The molecule has 1 N–H and O–H groups in total. The molecule has 0 aliphatic carbocycles. The quantitative estimate of drug-likeness (QED) is 0.620.